The van der Waals surface area contributed by atoms with E-state index in [9.17, 15) is 25.3 Å². The monoisotopic (exact) mass is 1270 g/mol. The third kappa shape index (κ3) is 17.4. The van der Waals surface area contributed by atoms with E-state index in [2.05, 4.69) is 0 Å². The SMILES string of the molecule is COC1C[C@@H]2CS(=O)C[C@@H]3CC(OC)[C@@H](CC3OC)S(=O)C[C@H]3CC(OC)[C@H](CC3OC)CS(=O)C[C@@H]3CC(OC)[C@@H](CC3OC)[S@](=O)[C@@H]3CC(OC)[C@@H](CC3OC)CS(=O)C[C@H]3CC(OC)[C@H](CC3OC)CS(=O)C[C@H]1CC2OC. The van der Waals surface area contributed by atoms with Gasteiger partial charge in [0.1, 0.15) is 0 Å². The topological polar surface area (TPSA) is 213 Å². The summed E-state index contributed by atoms with van der Waals surface area (Å²) in [5.74, 6) is 3.19. The van der Waals surface area contributed by atoms with Crippen molar-refractivity contribution in [1.29, 1.82) is 0 Å². The number of hydrogen-bond donors (Lipinski definition) is 0. The van der Waals surface area contributed by atoms with E-state index < -0.39 is 64.8 Å². The highest BCUT2D eigenvalue weighted by atomic mass is 32.2. The maximum atomic E-state index is 15.0. The summed E-state index contributed by atoms with van der Waals surface area (Å²) < 4.78 is 160. The van der Waals surface area contributed by atoms with Crippen LogP contribution >= 0.6 is 0 Å². The molecule has 0 spiro atoms. The fraction of sp³-hybridized carbons (Fsp3) is 1.00. The van der Waals surface area contributed by atoms with Gasteiger partial charge < -0.3 is 56.8 Å². The van der Waals surface area contributed by atoms with Gasteiger partial charge in [0.25, 0.3) is 0 Å². The smallest absolute Gasteiger partial charge is 0.0719 e. The van der Waals surface area contributed by atoms with Crippen LogP contribution in [0.25, 0.3) is 0 Å². The molecule has 15 saturated heterocycles. The number of methoxy groups -OCH3 is 12. The minimum atomic E-state index is -1.42. The molecule has 0 amide bonds. The highest BCUT2D eigenvalue weighted by Crippen LogP contribution is 2.43. The maximum absolute atomic E-state index is 15.0. The summed E-state index contributed by atoms with van der Waals surface area (Å²) in [5, 5.41) is -1.02. The predicted molar refractivity (Wildman–Crippen MR) is 320 cm³/mol. The summed E-state index contributed by atoms with van der Waals surface area (Å²) in [5.41, 5.74) is 0. The van der Waals surface area contributed by atoms with Crippen LogP contribution in [-0.2, 0) is 122 Å². The van der Waals surface area contributed by atoms with Gasteiger partial charge in [-0.1, -0.05) is 0 Å². The highest BCUT2D eigenvalue weighted by molar-refractivity contribution is 7.87. The van der Waals surface area contributed by atoms with E-state index in [0.717, 1.165) is 0 Å². The lowest BCUT2D eigenvalue weighted by Gasteiger charge is -2.45. The van der Waals surface area contributed by atoms with Crippen molar-refractivity contribution in [2.45, 2.75) is 166 Å². The third-order valence-corrected chi connectivity index (χ3v) is 30.8. The molecule has 21 fully saturated rings. The van der Waals surface area contributed by atoms with E-state index >= 15 is 0 Å². The summed E-state index contributed by atoms with van der Waals surface area (Å²) in [7, 11) is 12.5. The lowest BCUT2D eigenvalue weighted by molar-refractivity contribution is -0.0570. The van der Waals surface area contributed by atoms with Gasteiger partial charge >= 0.3 is 0 Å². The van der Waals surface area contributed by atoms with Crippen molar-refractivity contribution >= 4 is 64.8 Å². The Kier molecular flexibility index (Phi) is 28.3. The molecule has 15 heterocycles. The lowest BCUT2D eigenvalue weighted by atomic mass is 9.79. The molecule has 81 heavy (non-hydrogen) atoms. The number of rotatable bonds is 12. The summed E-state index contributed by atoms with van der Waals surface area (Å²) in [6, 6.07) is 0. The normalized spacial score (nSPS) is 48.6. The second-order valence-corrected chi connectivity index (χ2v) is 34.3. The molecule has 0 radical (unpaired) electrons. The van der Waals surface area contributed by atoms with Crippen molar-refractivity contribution in [3.8, 4) is 0 Å². The van der Waals surface area contributed by atoms with E-state index in [1.54, 1.807) is 85.3 Å². The molecule has 30 atom stereocenters. The Bertz CT molecular complexity index is 2080. The van der Waals surface area contributed by atoms with E-state index in [-0.39, 0.29) is 142 Å². The summed E-state index contributed by atoms with van der Waals surface area (Å²) in [4.78, 5) is 0. The van der Waals surface area contributed by atoms with Gasteiger partial charge in [0.15, 0.2) is 0 Å². The predicted octanol–water partition coefficient (Wildman–Crippen LogP) is 4.09. The molecule has 17 unspecified atom stereocenters. The standard InChI is InChI=1S/C57H102O18S6/c1-64-43-15-36-27-77(59)30-39-19-52(73-10)55(22-49(39)70-7)80(62)33-42-18-47(68-5)38(17-48(42)69-6)29-79(61)32-41-21-54(75-12)57(24-51(41)72-9)81(63)56-23-50(71-8)40(20-53(56)74-11)31-78(60)28-37-16-44(65-2)35(14-46(37)67-4)26-76(58)25-34(43)13-45(36)66-3/h34-57H,13-33H2,1-12H3/t34-,35-,36-,37-,38-,39+,40+,41+,42-,43?,44?,45?,46?,47?,48?,49?,50?,51?,52?,53?,54?,55-,56-,57-,76?,77?,78?,79?,80?,81-/m1/s1. The summed E-state index contributed by atoms with van der Waals surface area (Å²) in [6.07, 6.45) is 3.74. The molecule has 21 rings (SSSR count). The van der Waals surface area contributed by atoms with Crippen LogP contribution in [0.5, 0.6) is 0 Å². The summed E-state index contributed by atoms with van der Waals surface area (Å²) in [6.45, 7) is 0. The van der Waals surface area contributed by atoms with E-state index in [1.165, 1.54) is 0 Å². The molecular formula is C57H102O18S6. The molecule has 6 saturated carbocycles. The first-order chi connectivity index (χ1) is 39.0. The zero-order valence-corrected chi connectivity index (χ0v) is 55.4. The van der Waals surface area contributed by atoms with Crippen LogP contribution in [0.15, 0.2) is 0 Å². The van der Waals surface area contributed by atoms with Crippen LogP contribution in [0, 0.1) is 53.3 Å². The van der Waals surface area contributed by atoms with Gasteiger partial charge in [-0.25, -0.2) is 0 Å². The Morgan fingerprint density at radius 2 is 0.370 bits per heavy atom. The fourth-order valence-electron chi connectivity index (χ4n) is 15.8. The fourth-order valence-corrected chi connectivity index (χ4v) is 27.2. The van der Waals surface area contributed by atoms with Gasteiger partial charge in [-0.15, -0.1) is 0 Å². The van der Waals surface area contributed by atoms with Gasteiger partial charge in [-0.3, -0.25) is 25.3 Å². The molecule has 474 valence electrons. The molecular weight excluding hydrogens is 1170 g/mol. The van der Waals surface area contributed by atoms with Crippen molar-refractivity contribution < 1.29 is 82.1 Å². The first-order valence-electron chi connectivity index (χ1n) is 29.5. The Hall–Kier alpha value is 0.420. The zero-order valence-electron chi connectivity index (χ0n) is 50.5. The molecule has 24 heteroatoms. The molecule has 15 aliphatic heterocycles. The van der Waals surface area contributed by atoms with Crippen LogP contribution in [0.3, 0.4) is 0 Å². The lowest BCUT2D eigenvalue weighted by Crippen LogP contribution is -2.54. The second kappa shape index (κ2) is 33.3. The van der Waals surface area contributed by atoms with Crippen LogP contribution in [0.2, 0.25) is 0 Å². The van der Waals surface area contributed by atoms with E-state index in [0.29, 0.717) is 129 Å². The average molecular weight is 1270 g/mol. The minimum absolute atomic E-state index is 0.0283. The van der Waals surface area contributed by atoms with Crippen LogP contribution in [0.1, 0.15) is 77.0 Å². The van der Waals surface area contributed by atoms with E-state index in [1.807, 2.05) is 0 Å². The third-order valence-electron chi connectivity index (χ3n) is 20.3. The first kappa shape index (κ1) is 68.9. The van der Waals surface area contributed by atoms with Gasteiger partial charge in [-0.05, 0) is 130 Å². The average Bonchev–Trinajstić information content (AvgIpc) is 3.55. The summed E-state index contributed by atoms with van der Waals surface area (Å²) >= 11 is 0. The number of ether oxygens (including phenoxy) is 12. The first-order valence-corrected chi connectivity index (χ1v) is 38.1. The van der Waals surface area contributed by atoms with Crippen molar-refractivity contribution in [3.63, 3.8) is 0 Å². The van der Waals surface area contributed by atoms with Crippen molar-refractivity contribution in [3.05, 3.63) is 0 Å². The highest BCUT2D eigenvalue weighted by Gasteiger charge is 2.50. The molecule has 6 aliphatic carbocycles. The Labute approximate surface area is 500 Å². The van der Waals surface area contributed by atoms with Gasteiger partial charge in [0.2, 0.25) is 0 Å². The van der Waals surface area contributed by atoms with Crippen molar-refractivity contribution in [2.24, 2.45) is 53.3 Å². The number of hydrogen-bond acceptors (Lipinski definition) is 18. The minimum Gasteiger partial charge on any atom is -0.381 e. The quantitative estimate of drug-likeness (QED) is 0.269. The van der Waals surface area contributed by atoms with Gasteiger partial charge in [-0.2, -0.15) is 0 Å². The second-order valence-electron chi connectivity index (χ2n) is 24.5. The van der Waals surface area contributed by atoms with Gasteiger partial charge in [0, 0.05) is 202 Å². The Morgan fingerprint density at radius 3 is 0.580 bits per heavy atom. The van der Waals surface area contributed by atoms with Crippen LogP contribution in [0.4, 0.5) is 0 Å². The molecule has 0 aromatic rings. The van der Waals surface area contributed by atoms with Crippen LogP contribution in [-0.4, -0.2) is 251 Å². The molecule has 18 nitrogen and oxygen atoms in total. The van der Waals surface area contributed by atoms with Crippen molar-refractivity contribution in [2.75, 3.05) is 137 Å². The van der Waals surface area contributed by atoms with Crippen LogP contribution < -0.4 is 0 Å². The zero-order chi connectivity index (χ0) is 58.7. The molecule has 0 aromatic heterocycles. The molecule has 0 N–H and O–H groups in total. The molecule has 12 bridgehead atoms. The maximum Gasteiger partial charge on any atom is 0.0719 e. The Balaban J connectivity index is 1.11. The largest absolute Gasteiger partial charge is 0.381 e. The molecule has 21 aliphatic rings. The molecule has 0 aromatic carbocycles. The van der Waals surface area contributed by atoms with Gasteiger partial charge in [0.05, 0.1) is 89.0 Å². The van der Waals surface area contributed by atoms with E-state index in [4.69, 9.17) is 56.8 Å². The Morgan fingerprint density at radius 1 is 0.210 bits per heavy atom. The van der Waals surface area contributed by atoms with Crippen molar-refractivity contribution in [1.82, 2.24) is 0 Å².